The molecule has 6 heteroatoms. The molecule has 0 saturated carbocycles. The van der Waals surface area contributed by atoms with Gasteiger partial charge in [-0.25, -0.2) is 4.79 Å². The van der Waals surface area contributed by atoms with Crippen molar-refractivity contribution in [1.29, 1.82) is 0 Å². The second-order valence-electron chi connectivity index (χ2n) is 7.11. The SMILES string of the molecule is O=C(Nc1ccccc1)N[C@@H](Cc1c[nH]c2ccccc12)C(=O)N1CCCC1. The van der Waals surface area contributed by atoms with Crippen molar-refractivity contribution < 1.29 is 9.59 Å². The van der Waals surface area contributed by atoms with Crippen LogP contribution < -0.4 is 10.6 Å². The van der Waals surface area contributed by atoms with Gasteiger partial charge in [0.1, 0.15) is 6.04 Å². The lowest BCUT2D eigenvalue weighted by atomic mass is 10.0. The molecule has 0 aliphatic carbocycles. The molecule has 2 aromatic carbocycles. The number of likely N-dealkylation sites (tertiary alicyclic amines) is 1. The lowest BCUT2D eigenvalue weighted by molar-refractivity contribution is -0.132. The number of benzene rings is 2. The smallest absolute Gasteiger partial charge is 0.319 e. The van der Waals surface area contributed by atoms with Crippen LogP contribution >= 0.6 is 0 Å². The first kappa shape index (κ1) is 18.1. The molecule has 0 unspecified atom stereocenters. The van der Waals surface area contributed by atoms with E-state index in [-0.39, 0.29) is 11.9 Å². The van der Waals surface area contributed by atoms with E-state index < -0.39 is 6.04 Å². The van der Waals surface area contributed by atoms with E-state index >= 15 is 0 Å². The average Bonchev–Trinajstić information content (AvgIpc) is 3.38. The second-order valence-corrected chi connectivity index (χ2v) is 7.11. The Labute approximate surface area is 163 Å². The summed E-state index contributed by atoms with van der Waals surface area (Å²) in [4.78, 5) is 30.7. The monoisotopic (exact) mass is 376 g/mol. The molecular weight excluding hydrogens is 352 g/mol. The molecule has 6 nitrogen and oxygen atoms in total. The van der Waals surface area contributed by atoms with Crippen LogP contribution in [0.2, 0.25) is 0 Å². The van der Waals surface area contributed by atoms with Gasteiger partial charge >= 0.3 is 6.03 Å². The maximum absolute atomic E-state index is 13.1. The molecule has 0 bridgehead atoms. The summed E-state index contributed by atoms with van der Waals surface area (Å²) in [6, 6.07) is 16.2. The van der Waals surface area contributed by atoms with E-state index in [9.17, 15) is 9.59 Å². The Hall–Kier alpha value is -3.28. The normalized spacial score (nSPS) is 14.8. The Kier molecular flexibility index (Phi) is 5.28. The Morgan fingerprint density at radius 2 is 1.71 bits per heavy atom. The topological polar surface area (TPSA) is 77.2 Å². The molecule has 1 aliphatic heterocycles. The van der Waals surface area contributed by atoms with Crippen molar-refractivity contribution in [2.24, 2.45) is 0 Å². The molecule has 3 aromatic rings. The number of fused-ring (bicyclic) bond motifs is 1. The number of rotatable bonds is 5. The summed E-state index contributed by atoms with van der Waals surface area (Å²) in [7, 11) is 0. The third kappa shape index (κ3) is 4.01. The summed E-state index contributed by atoms with van der Waals surface area (Å²) < 4.78 is 0. The summed E-state index contributed by atoms with van der Waals surface area (Å²) >= 11 is 0. The van der Waals surface area contributed by atoms with Crippen LogP contribution in [-0.4, -0.2) is 41.0 Å². The minimum atomic E-state index is -0.610. The summed E-state index contributed by atoms with van der Waals surface area (Å²) in [5.74, 6) is -0.0222. The van der Waals surface area contributed by atoms with E-state index in [1.807, 2.05) is 65.7 Å². The largest absolute Gasteiger partial charge is 0.361 e. The highest BCUT2D eigenvalue weighted by atomic mass is 16.2. The molecule has 1 aromatic heterocycles. The maximum atomic E-state index is 13.1. The standard InChI is InChI=1S/C22H24N4O2/c27-21(26-12-6-7-13-26)20(25-22(28)24-17-8-2-1-3-9-17)14-16-15-23-19-11-5-4-10-18(16)19/h1-5,8-11,15,20,23H,6-7,12-14H2,(H2,24,25,28)/t20-/m0/s1. The number of amides is 3. The van der Waals surface area contributed by atoms with Crippen LogP contribution in [0.25, 0.3) is 10.9 Å². The zero-order chi connectivity index (χ0) is 19.3. The van der Waals surface area contributed by atoms with Gasteiger partial charge in [-0.15, -0.1) is 0 Å². The van der Waals surface area contributed by atoms with Gasteiger partial charge < -0.3 is 20.5 Å². The van der Waals surface area contributed by atoms with Gasteiger partial charge in [0.15, 0.2) is 0 Å². The van der Waals surface area contributed by atoms with E-state index in [2.05, 4.69) is 15.6 Å². The molecule has 144 valence electrons. The minimum absolute atomic E-state index is 0.0222. The molecule has 1 fully saturated rings. The zero-order valence-corrected chi connectivity index (χ0v) is 15.7. The number of urea groups is 1. The fourth-order valence-electron chi connectivity index (χ4n) is 3.73. The van der Waals surface area contributed by atoms with Crippen LogP contribution in [0, 0.1) is 0 Å². The van der Waals surface area contributed by atoms with Crippen molar-refractivity contribution >= 4 is 28.5 Å². The number of nitrogens with one attached hydrogen (secondary N) is 3. The van der Waals surface area contributed by atoms with Gasteiger partial charge in [-0.1, -0.05) is 36.4 Å². The van der Waals surface area contributed by atoms with Gasteiger partial charge in [-0.05, 0) is 36.6 Å². The Bertz CT molecular complexity index is 961. The average molecular weight is 376 g/mol. The van der Waals surface area contributed by atoms with E-state index in [4.69, 9.17) is 0 Å². The van der Waals surface area contributed by atoms with Crippen LogP contribution in [-0.2, 0) is 11.2 Å². The predicted molar refractivity (Wildman–Crippen MR) is 110 cm³/mol. The second kappa shape index (κ2) is 8.17. The summed E-state index contributed by atoms with van der Waals surface area (Å²) in [5.41, 5.74) is 2.74. The first-order valence-corrected chi connectivity index (χ1v) is 9.67. The number of aromatic nitrogens is 1. The van der Waals surface area contributed by atoms with E-state index in [1.54, 1.807) is 0 Å². The molecule has 1 saturated heterocycles. The quantitative estimate of drug-likeness (QED) is 0.637. The molecule has 3 amide bonds. The van der Waals surface area contributed by atoms with Gasteiger partial charge in [-0.3, -0.25) is 4.79 Å². The number of H-pyrrole nitrogens is 1. The third-order valence-corrected chi connectivity index (χ3v) is 5.15. The van der Waals surface area contributed by atoms with Crippen molar-refractivity contribution in [1.82, 2.24) is 15.2 Å². The van der Waals surface area contributed by atoms with Crippen LogP contribution in [0.3, 0.4) is 0 Å². The highest BCUT2D eigenvalue weighted by Gasteiger charge is 2.28. The number of hydrogen-bond acceptors (Lipinski definition) is 2. The number of carbonyl (C=O) groups is 2. The van der Waals surface area contributed by atoms with Gasteiger partial charge in [0.2, 0.25) is 5.91 Å². The molecule has 1 atom stereocenters. The lowest BCUT2D eigenvalue weighted by Crippen LogP contribution is -2.50. The molecular formula is C22H24N4O2. The number of aromatic amines is 1. The van der Waals surface area contributed by atoms with Crippen molar-refractivity contribution in [2.75, 3.05) is 18.4 Å². The van der Waals surface area contributed by atoms with Crippen molar-refractivity contribution in [3.63, 3.8) is 0 Å². The number of hydrogen-bond donors (Lipinski definition) is 3. The maximum Gasteiger partial charge on any atom is 0.319 e. The highest BCUT2D eigenvalue weighted by Crippen LogP contribution is 2.20. The fourth-order valence-corrected chi connectivity index (χ4v) is 3.73. The molecule has 0 spiro atoms. The Morgan fingerprint density at radius 3 is 2.50 bits per heavy atom. The predicted octanol–water partition coefficient (Wildman–Crippen LogP) is 3.52. The van der Waals surface area contributed by atoms with Gasteiger partial charge in [-0.2, -0.15) is 0 Å². The van der Waals surface area contributed by atoms with Gasteiger partial charge in [0.25, 0.3) is 0 Å². The minimum Gasteiger partial charge on any atom is -0.361 e. The van der Waals surface area contributed by atoms with Crippen LogP contribution in [0.1, 0.15) is 18.4 Å². The third-order valence-electron chi connectivity index (χ3n) is 5.15. The first-order chi connectivity index (χ1) is 13.7. The molecule has 4 rings (SSSR count). The highest BCUT2D eigenvalue weighted by molar-refractivity contribution is 5.94. The molecule has 28 heavy (non-hydrogen) atoms. The van der Waals surface area contributed by atoms with E-state index in [0.29, 0.717) is 12.1 Å². The van der Waals surface area contributed by atoms with Gasteiger partial charge in [0, 0.05) is 42.3 Å². The number of nitrogens with zero attached hydrogens (tertiary/aromatic N) is 1. The van der Waals surface area contributed by atoms with Crippen molar-refractivity contribution in [2.45, 2.75) is 25.3 Å². The van der Waals surface area contributed by atoms with Crippen LogP contribution in [0.15, 0.2) is 60.8 Å². The first-order valence-electron chi connectivity index (χ1n) is 9.67. The molecule has 3 N–H and O–H groups in total. The lowest BCUT2D eigenvalue weighted by Gasteiger charge is -2.24. The van der Waals surface area contributed by atoms with Crippen molar-refractivity contribution in [3.05, 3.63) is 66.4 Å². The Morgan fingerprint density at radius 1 is 1.00 bits per heavy atom. The Balaban J connectivity index is 1.53. The fraction of sp³-hybridized carbons (Fsp3) is 0.273. The summed E-state index contributed by atoms with van der Waals surface area (Å²) in [5, 5.41) is 6.77. The zero-order valence-electron chi connectivity index (χ0n) is 15.7. The van der Waals surface area contributed by atoms with E-state index in [1.165, 1.54) is 0 Å². The molecule has 1 aliphatic rings. The number of para-hydroxylation sites is 2. The summed E-state index contributed by atoms with van der Waals surface area (Å²) in [6.07, 6.45) is 4.40. The molecule has 2 heterocycles. The van der Waals surface area contributed by atoms with Gasteiger partial charge in [0.05, 0.1) is 0 Å². The van der Waals surface area contributed by atoms with Crippen LogP contribution in [0.4, 0.5) is 10.5 Å². The molecule has 0 radical (unpaired) electrons. The van der Waals surface area contributed by atoms with Crippen molar-refractivity contribution in [3.8, 4) is 0 Å². The van der Waals surface area contributed by atoms with E-state index in [0.717, 1.165) is 42.4 Å². The number of anilines is 1. The van der Waals surface area contributed by atoms with Crippen LogP contribution in [0.5, 0.6) is 0 Å². The summed E-state index contributed by atoms with van der Waals surface area (Å²) in [6.45, 7) is 1.51. The number of carbonyl (C=O) groups excluding carboxylic acids is 2.